The number of hydrogen-bond acceptors (Lipinski definition) is 15. The lowest BCUT2D eigenvalue weighted by Crippen LogP contribution is -2.30. The molecule has 0 saturated carbocycles. The number of carbonyl (C=O) groups excluding carboxylic acids is 4. The zero-order chi connectivity index (χ0) is 60.5. The molecule has 0 heterocycles. The second-order valence-electron chi connectivity index (χ2n) is 22.8. The molecule has 0 radical (unpaired) electrons. The van der Waals surface area contributed by atoms with Crippen molar-refractivity contribution in [1.29, 1.82) is 0 Å². The van der Waals surface area contributed by atoms with Crippen molar-refractivity contribution in [3.63, 3.8) is 0 Å². The lowest BCUT2D eigenvalue weighted by atomic mass is 10.0. The highest BCUT2D eigenvalue weighted by Crippen LogP contribution is 2.45. The summed E-state index contributed by atoms with van der Waals surface area (Å²) < 4.78 is 67.7. The third-order valence-corrected chi connectivity index (χ3v) is 16.5. The Bertz CT molecular complexity index is 1590. The normalized spacial score (nSPS) is 14.2. The van der Waals surface area contributed by atoms with Gasteiger partial charge in [0, 0.05) is 25.7 Å². The van der Waals surface area contributed by atoms with E-state index in [1.54, 1.807) is 0 Å². The van der Waals surface area contributed by atoms with Gasteiger partial charge in [-0.25, -0.2) is 9.13 Å². The minimum atomic E-state index is -4.94. The third-order valence-electron chi connectivity index (χ3n) is 14.6. The Morgan fingerprint density at radius 2 is 0.488 bits per heavy atom. The molecule has 0 amide bonds. The molecular weight excluding hydrogens is 1090 g/mol. The fraction of sp³-hybridized carbons (Fsp3) is 0.937. The summed E-state index contributed by atoms with van der Waals surface area (Å²) in [5, 5.41) is 10.5. The molecule has 19 heteroatoms. The van der Waals surface area contributed by atoms with Gasteiger partial charge in [-0.3, -0.25) is 37.3 Å². The first kappa shape index (κ1) is 80.1. The zero-order valence-corrected chi connectivity index (χ0v) is 54.2. The van der Waals surface area contributed by atoms with Crippen molar-refractivity contribution in [2.24, 2.45) is 0 Å². The molecule has 0 aromatic heterocycles. The Hall–Kier alpha value is -1.94. The summed E-state index contributed by atoms with van der Waals surface area (Å²) in [7, 11) is -9.87. The van der Waals surface area contributed by atoms with E-state index in [4.69, 9.17) is 37.0 Å². The van der Waals surface area contributed by atoms with Crippen molar-refractivity contribution in [3.8, 4) is 0 Å². The van der Waals surface area contributed by atoms with Gasteiger partial charge in [-0.15, -0.1) is 0 Å². The van der Waals surface area contributed by atoms with Crippen LogP contribution in [-0.4, -0.2) is 96.7 Å². The molecule has 0 aliphatic heterocycles. The highest BCUT2D eigenvalue weighted by atomic mass is 31.2. The molecule has 3 N–H and O–H groups in total. The molecule has 0 spiro atoms. The van der Waals surface area contributed by atoms with E-state index in [9.17, 15) is 43.2 Å². The van der Waals surface area contributed by atoms with Gasteiger partial charge < -0.3 is 33.8 Å². The summed E-state index contributed by atoms with van der Waals surface area (Å²) in [4.78, 5) is 71.9. The van der Waals surface area contributed by atoms with Crippen LogP contribution >= 0.6 is 15.6 Å². The third kappa shape index (κ3) is 57.2. The Balaban J connectivity index is 5.16. The average molecular weight is 1210 g/mol. The number of ether oxygens (including phenoxy) is 4. The smallest absolute Gasteiger partial charge is 0.462 e. The molecule has 5 atom stereocenters. The predicted molar refractivity (Wildman–Crippen MR) is 326 cm³/mol. The van der Waals surface area contributed by atoms with Gasteiger partial charge in [0.05, 0.1) is 26.4 Å². The molecule has 0 aliphatic carbocycles. The molecule has 82 heavy (non-hydrogen) atoms. The van der Waals surface area contributed by atoms with Crippen molar-refractivity contribution in [1.82, 2.24) is 0 Å². The van der Waals surface area contributed by atoms with E-state index in [-0.39, 0.29) is 25.7 Å². The summed E-state index contributed by atoms with van der Waals surface area (Å²) in [5.41, 5.74) is 0. The van der Waals surface area contributed by atoms with Gasteiger partial charge in [0.25, 0.3) is 0 Å². The van der Waals surface area contributed by atoms with E-state index in [0.717, 1.165) is 96.3 Å². The topological polar surface area (TPSA) is 237 Å². The summed E-state index contributed by atoms with van der Waals surface area (Å²) in [6.45, 7) is 4.79. The van der Waals surface area contributed by atoms with E-state index in [0.29, 0.717) is 25.7 Å². The van der Waals surface area contributed by atoms with Crippen molar-refractivity contribution in [2.75, 3.05) is 39.6 Å². The number of unbranched alkanes of at least 4 members (excludes halogenated alkanes) is 38. The predicted octanol–water partition coefficient (Wildman–Crippen LogP) is 17.5. The van der Waals surface area contributed by atoms with E-state index in [1.807, 2.05) is 0 Å². The van der Waals surface area contributed by atoms with Crippen molar-refractivity contribution in [2.45, 2.75) is 341 Å². The van der Waals surface area contributed by atoms with Crippen molar-refractivity contribution >= 4 is 39.5 Å². The maximum atomic E-state index is 13.0. The summed E-state index contributed by atoms with van der Waals surface area (Å²) in [5.74, 6) is -2.14. The van der Waals surface area contributed by atoms with Crippen LogP contribution in [0.2, 0.25) is 0 Å². The lowest BCUT2D eigenvalue weighted by Gasteiger charge is -2.21. The average Bonchev–Trinajstić information content (AvgIpc) is 3.45. The largest absolute Gasteiger partial charge is 0.472 e. The molecule has 0 aliphatic rings. The first-order valence-electron chi connectivity index (χ1n) is 33.3. The van der Waals surface area contributed by atoms with E-state index in [2.05, 4.69) is 27.7 Å². The van der Waals surface area contributed by atoms with Gasteiger partial charge in [0.15, 0.2) is 12.2 Å². The van der Waals surface area contributed by atoms with Gasteiger partial charge in [-0.2, -0.15) is 0 Å². The highest BCUT2D eigenvalue weighted by Gasteiger charge is 2.30. The summed E-state index contributed by atoms with van der Waals surface area (Å²) >= 11 is 0. The van der Waals surface area contributed by atoms with Crippen LogP contribution in [0.25, 0.3) is 0 Å². The van der Waals surface area contributed by atoms with Crippen LogP contribution in [0, 0.1) is 0 Å². The summed E-state index contributed by atoms with van der Waals surface area (Å²) in [6, 6.07) is 0. The monoisotopic (exact) mass is 1210 g/mol. The molecule has 486 valence electrons. The second kappa shape index (κ2) is 58.1. The molecule has 0 aromatic carbocycles. The van der Waals surface area contributed by atoms with Gasteiger partial charge >= 0.3 is 39.5 Å². The van der Waals surface area contributed by atoms with Gasteiger partial charge in [-0.05, 0) is 25.7 Å². The first-order valence-corrected chi connectivity index (χ1v) is 36.3. The number of aliphatic hydroxyl groups excluding tert-OH is 1. The van der Waals surface area contributed by atoms with Crippen LogP contribution in [0.1, 0.15) is 323 Å². The maximum Gasteiger partial charge on any atom is 0.472 e. The first-order chi connectivity index (χ1) is 39.7. The van der Waals surface area contributed by atoms with Crippen LogP contribution in [-0.2, 0) is 65.4 Å². The molecule has 0 saturated heterocycles. The van der Waals surface area contributed by atoms with Gasteiger partial charge in [0.2, 0.25) is 0 Å². The van der Waals surface area contributed by atoms with E-state index >= 15 is 0 Å². The highest BCUT2D eigenvalue weighted by molar-refractivity contribution is 7.47. The van der Waals surface area contributed by atoms with Crippen LogP contribution < -0.4 is 0 Å². The lowest BCUT2D eigenvalue weighted by molar-refractivity contribution is -0.161. The van der Waals surface area contributed by atoms with Crippen molar-refractivity contribution in [3.05, 3.63) is 0 Å². The quantitative estimate of drug-likeness (QED) is 0.0222. The number of hydrogen-bond donors (Lipinski definition) is 3. The Morgan fingerprint density at radius 3 is 0.720 bits per heavy atom. The Labute approximate surface area is 498 Å². The molecule has 2 unspecified atom stereocenters. The molecule has 0 aromatic rings. The SMILES string of the molecule is CCCCCCCCCCCCCCCCC(=O)OC[C@H](COP(=O)(O)OC[C@@H](O)COP(=O)(O)OC[C@@H](COC(=O)CCCCCCC)OC(=O)CCCCCCCCCCC)OC(=O)CCCCCCCCCCCCCCCC. The Morgan fingerprint density at radius 1 is 0.293 bits per heavy atom. The molecule has 0 rings (SSSR count). The molecular formula is C63H122O17P2. The minimum Gasteiger partial charge on any atom is -0.462 e. The molecule has 0 bridgehead atoms. The van der Waals surface area contributed by atoms with Crippen LogP contribution in [0.15, 0.2) is 0 Å². The maximum absolute atomic E-state index is 13.0. The number of phosphoric acid groups is 2. The van der Waals surface area contributed by atoms with E-state index in [1.165, 1.54) is 148 Å². The Kier molecular flexibility index (Phi) is 56.7. The van der Waals surface area contributed by atoms with Gasteiger partial charge in [0.1, 0.15) is 19.3 Å². The van der Waals surface area contributed by atoms with Gasteiger partial charge in [-0.1, -0.05) is 272 Å². The number of rotatable bonds is 64. The van der Waals surface area contributed by atoms with Crippen molar-refractivity contribution < 1.29 is 80.2 Å². The number of aliphatic hydroxyl groups is 1. The molecule has 17 nitrogen and oxygen atoms in total. The molecule has 0 fully saturated rings. The minimum absolute atomic E-state index is 0.105. The van der Waals surface area contributed by atoms with Crippen LogP contribution in [0.4, 0.5) is 0 Å². The number of phosphoric ester groups is 2. The fourth-order valence-electron chi connectivity index (χ4n) is 9.46. The second-order valence-corrected chi connectivity index (χ2v) is 25.7. The summed E-state index contributed by atoms with van der Waals surface area (Å²) in [6.07, 6.45) is 43.3. The zero-order valence-electron chi connectivity index (χ0n) is 52.5. The van der Waals surface area contributed by atoms with Crippen LogP contribution in [0.5, 0.6) is 0 Å². The van der Waals surface area contributed by atoms with E-state index < -0.39 is 97.5 Å². The van der Waals surface area contributed by atoms with Crippen LogP contribution in [0.3, 0.4) is 0 Å². The standard InChI is InChI=1S/C63H122O17P2/c1-5-9-13-17-20-23-25-27-29-31-34-36-40-44-48-61(66)74-54-59(80-63(68)50-46-42-38-35-32-30-28-26-24-21-18-14-10-6-2)56-78-82(71,72)76-52-57(64)51-75-81(69,70)77-55-58(53-73-60(65)47-43-39-16-12-8-4)79-62(67)49-45-41-37-33-22-19-15-11-7-3/h57-59,64H,5-56H2,1-4H3,(H,69,70)(H,71,72)/t57-,58+,59+/m0/s1. The fourth-order valence-corrected chi connectivity index (χ4v) is 11.0. The number of carbonyl (C=O) groups is 4. The number of esters is 4.